The van der Waals surface area contributed by atoms with Gasteiger partial charge in [-0.2, -0.15) is 0 Å². The van der Waals surface area contributed by atoms with Crippen LogP contribution in [0.25, 0.3) is 0 Å². The third kappa shape index (κ3) is 2.93. The minimum absolute atomic E-state index is 0.509. The molecule has 0 bridgehead atoms. The van der Waals surface area contributed by atoms with Crippen LogP contribution in [0.4, 0.5) is 0 Å². The molecule has 0 amide bonds. The van der Waals surface area contributed by atoms with E-state index in [9.17, 15) is 0 Å². The van der Waals surface area contributed by atoms with E-state index in [4.69, 9.17) is 4.99 Å². The normalized spacial score (nSPS) is 18.9. The molecule has 0 saturated heterocycles. The molecule has 3 rings (SSSR count). The van der Waals surface area contributed by atoms with Crippen LogP contribution in [0.5, 0.6) is 0 Å². The van der Waals surface area contributed by atoms with Gasteiger partial charge in [0.2, 0.25) is 0 Å². The van der Waals surface area contributed by atoms with Crippen molar-refractivity contribution in [3.63, 3.8) is 0 Å². The molecule has 1 atom stereocenters. The molecule has 1 heterocycles. The molecule has 1 aliphatic heterocycles. The largest absolute Gasteiger partial charge is 0.293 e. The van der Waals surface area contributed by atoms with Gasteiger partial charge in [0.15, 0.2) is 0 Å². The van der Waals surface area contributed by atoms with E-state index in [1.807, 2.05) is 0 Å². The van der Waals surface area contributed by atoms with Crippen molar-refractivity contribution >= 4 is 5.71 Å². The Bertz CT molecular complexity index is 542. The standard InChI is InChI=1S/C18H19N/c1-3-8-15(9-4-1)14-18-17(12-7-13-19-18)16-10-5-2-6-11-16/h1-6,8-11,17H,7,12-14H2. The first-order chi connectivity index (χ1) is 9.43. The maximum absolute atomic E-state index is 4.80. The number of rotatable bonds is 3. The Morgan fingerprint density at radius 3 is 2.32 bits per heavy atom. The summed E-state index contributed by atoms with van der Waals surface area (Å²) in [7, 11) is 0. The highest BCUT2D eigenvalue weighted by Gasteiger charge is 2.20. The van der Waals surface area contributed by atoms with Crippen LogP contribution >= 0.6 is 0 Å². The average Bonchev–Trinajstić information content (AvgIpc) is 2.50. The summed E-state index contributed by atoms with van der Waals surface area (Å²) >= 11 is 0. The summed E-state index contributed by atoms with van der Waals surface area (Å²) in [4.78, 5) is 4.80. The van der Waals surface area contributed by atoms with Gasteiger partial charge < -0.3 is 0 Å². The van der Waals surface area contributed by atoms with Crippen LogP contribution in [-0.4, -0.2) is 12.3 Å². The summed E-state index contributed by atoms with van der Waals surface area (Å²) in [5.74, 6) is 0.509. The Labute approximate surface area is 115 Å². The van der Waals surface area contributed by atoms with Gasteiger partial charge in [-0.3, -0.25) is 4.99 Å². The second kappa shape index (κ2) is 5.83. The van der Waals surface area contributed by atoms with Gasteiger partial charge in [-0.15, -0.1) is 0 Å². The third-order valence-electron chi connectivity index (χ3n) is 3.80. The van der Waals surface area contributed by atoms with E-state index in [-0.39, 0.29) is 0 Å². The van der Waals surface area contributed by atoms with Crippen LogP contribution in [0.1, 0.15) is 29.9 Å². The molecule has 0 aromatic heterocycles. The lowest BCUT2D eigenvalue weighted by Crippen LogP contribution is -2.20. The van der Waals surface area contributed by atoms with E-state index in [0.29, 0.717) is 5.92 Å². The Balaban J connectivity index is 1.84. The summed E-state index contributed by atoms with van der Waals surface area (Å²) in [6.07, 6.45) is 3.42. The molecule has 1 nitrogen and oxygen atoms in total. The van der Waals surface area contributed by atoms with Gasteiger partial charge in [0.1, 0.15) is 0 Å². The highest BCUT2D eigenvalue weighted by Crippen LogP contribution is 2.28. The molecule has 2 aromatic rings. The van der Waals surface area contributed by atoms with Gasteiger partial charge in [0.25, 0.3) is 0 Å². The Hall–Kier alpha value is -1.89. The Morgan fingerprint density at radius 1 is 0.895 bits per heavy atom. The Kier molecular flexibility index (Phi) is 3.73. The fraction of sp³-hybridized carbons (Fsp3) is 0.278. The fourth-order valence-corrected chi connectivity index (χ4v) is 2.82. The van der Waals surface area contributed by atoms with E-state index < -0.39 is 0 Å². The summed E-state index contributed by atoms with van der Waals surface area (Å²) in [6.45, 7) is 0.992. The molecule has 0 N–H and O–H groups in total. The maximum atomic E-state index is 4.80. The smallest absolute Gasteiger partial charge is 0.0389 e. The van der Waals surface area contributed by atoms with Crippen molar-refractivity contribution in [1.82, 2.24) is 0 Å². The summed E-state index contributed by atoms with van der Waals surface area (Å²) < 4.78 is 0. The first kappa shape index (κ1) is 12.2. The van der Waals surface area contributed by atoms with Crippen molar-refractivity contribution in [2.24, 2.45) is 4.99 Å². The Morgan fingerprint density at radius 2 is 1.58 bits per heavy atom. The lowest BCUT2D eigenvalue weighted by Gasteiger charge is -2.24. The lowest BCUT2D eigenvalue weighted by atomic mass is 9.85. The van der Waals surface area contributed by atoms with Crippen molar-refractivity contribution in [2.75, 3.05) is 6.54 Å². The molecule has 2 aromatic carbocycles. The topological polar surface area (TPSA) is 12.4 Å². The molecular formula is C18H19N. The van der Waals surface area contributed by atoms with Crippen molar-refractivity contribution in [3.05, 3.63) is 71.8 Å². The van der Waals surface area contributed by atoms with Crippen molar-refractivity contribution < 1.29 is 0 Å². The van der Waals surface area contributed by atoms with Crippen molar-refractivity contribution in [2.45, 2.75) is 25.2 Å². The van der Waals surface area contributed by atoms with Gasteiger partial charge in [0, 0.05) is 24.6 Å². The maximum Gasteiger partial charge on any atom is 0.0389 e. The molecule has 19 heavy (non-hydrogen) atoms. The van der Waals surface area contributed by atoms with E-state index in [2.05, 4.69) is 60.7 Å². The van der Waals surface area contributed by atoms with E-state index in [0.717, 1.165) is 13.0 Å². The lowest BCUT2D eigenvalue weighted by molar-refractivity contribution is 0.664. The van der Waals surface area contributed by atoms with Crippen molar-refractivity contribution in [3.8, 4) is 0 Å². The van der Waals surface area contributed by atoms with Gasteiger partial charge in [0.05, 0.1) is 0 Å². The number of nitrogens with zero attached hydrogens (tertiary/aromatic N) is 1. The second-order valence-electron chi connectivity index (χ2n) is 5.14. The first-order valence-corrected chi connectivity index (χ1v) is 7.05. The first-order valence-electron chi connectivity index (χ1n) is 7.05. The predicted octanol–water partition coefficient (Wildman–Crippen LogP) is 4.25. The highest BCUT2D eigenvalue weighted by atomic mass is 14.8. The van der Waals surface area contributed by atoms with Crippen LogP contribution < -0.4 is 0 Å². The SMILES string of the molecule is c1ccc(CC2=NCCCC2c2ccccc2)cc1. The number of aliphatic imine (C=N–C) groups is 1. The minimum Gasteiger partial charge on any atom is -0.293 e. The van der Waals surface area contributed by atoms with Crippen LogP contribution in [0.2, 0.25) is 0 Å². The second-order valence-corrected chi connectivity index (χ2v) is 5.14. The molecule has 1 unspecified atom stereocenters. The molecule has 1 heteroatoms. The van der Waals surface area contributed by atoms with Gasteiger partial charge >= 0.3 is 0 Å². The number of hydrogen-bond donors (Lipinski definition) is 0. The predicted molar refractivity (Wildman–Crippen MR) is 80.9 cm³/mol. The average molecular weight is 249 g/mol. The van der Waals surface area contributed by atoms with E-state index in [1.165, 1.54) is 29.7 Å². The molecule has 1 aliphatic rings. The summed E-state index contributed by atoms with van der Waals surface area (Å²) in [6, 6.07) is 21.5. The van der Waals surface area contributed by atoms with Crippen LogP contribution in [0.3, 0.4) is 0 Å². The minimum atomic E-state index is 0.509. The summed E-state index contributed by atoms with van der Waals surface area (Å²) in [5.41, 5.74) is 4.13. The molecule has 96 valence electrons. The molecule has 0 saturated carbocycles. The number of hydrogen-bond acceptors (Lipinski definition) is 1. The zero-order valence-electron chi connectivity index (χ0n) is 11.1. The van der Waals surface area contributed by atoms with Gasteiger partial charge in [-0.05, 0) is 24.0 Å². The van der Waals surface area contributed by atoms with Crippen LogP contribution in [0, 0.1) is 0 Å². The van der Waals surface area contributed by atoms with Crippen molar-refractivity contribution in [1.29, 1.82) is 0 Å². The zero-order valence-corrected chi connectivity index (χ0v) is 11.1. The van der Waals surface area contributed by atoms with E-state index in [1.54, 1.807) is 0 Å². The summed E-state index contributed by atoms with van der Waals surface area (Å²) in [5, 5.41) is 0. The molecular weight excluding hydrogens is 230 g/mol. The zero-order chi connectivity index (χ0) is 12.9. The van der Waals surface area contributed by atoms with Crippen LogP contribution in [0.15, 0.2) is 65.7 Å². The molecule has 0 aliphatic carbocycles. The van der Waals surface area contributed by atoms with Gasteiger partial charge in [-0.25, -0.2) is 0 Å². The monoisotopic (exact) mass is 249 g/mol. The molecule has 0 radical (unpaired) electrons. The van der Waals surface area contributed by atoms with Gasteiger partial charge in [-0.1, -0.05) is 60.7 Å². The quantitative estimate of drug-likeness (QED) is 0.771. The van der Waals surface area contributed by atoms with Crippen LogP contribution in [-0.2, 0) is 6.42 Å². The number of benzene rings is 2. The fourth-order valence-electron chi connectivity index (χ4n) is 2.82. The highest BCUT2D eigenvalue weighted by molar-refractivity contribution is 5.93. The van der Waals surface area contributed by atoms with E-state index >= 15 is 0 Å². The third-order valence-corrected chi connectivity index (χ3v) is 3.80. The molecule has 0 spiro atoms. The molecule has 0 fully saturated rings.